The van der Waals surface area contributed by atoms with Crippen molar-refractivity contribution in [3.8, 4) is 0 Å². The summed E-state index contributed by atoms with van der Waals surface area (Å²) in [5.74, 6) is 0.878. The third-order valence-corrected chi connectivity index (χ3v) is 4.03. The van der Waals surface area contributed by atoms with Crippen LogP contribution in [-0.4, -0.2) is 0 Å². The second kappa shape index (κ2) is 3.25. The summed E-state index contributed by atoms with van der Waals surface area (Å²) in [6.07, 6.45) is 4.18. The Kier molecular flexibility index (Phi) is 2.80. The van der Waals surface area contributed by atoms with Crippen LogP contribution in [0.15, 0.2) is 0 Å². The van der Waals surface area contributed by atoms with Gasteiger partial charge >= 0.3 is 0 Å². The first-order valence-electron chi connectivity index (χ1n) is 6.05. The van der Waals surface area contributed by atoms with Gasteiger partial charge in [0.2, 0.25) is 0 Å². The van der Waals surface area contributed by atoms with Gasteiger partial charge in [-0.1, -0.05) is 48.5 Å². The van der Waals surface area contributed by atoms with Gasteiger partial charge in [0.05, 0.1) is 0 Å². The molecule has 0 saturated heterocycles. The lowest BCUT2D eigenvalue weighted by molar-refractivity contribution is -0.0130. The van der Waals surface area contributed by atoms with Crippen LogP contribution in [0.4, 0.5) is 0 Å². The van der Waals surface area contributed by atoms with Crippen LogP contribution in [0.25, 0.3) is 0 Å². The van der Waals surface area contributed by atoms with E-state index in [0.717, 1.165) is 5.92 Å². The van der Waals surface area contributed by atoms with Crippen molar-refractivity contribution < 1.29 is 0 Å². The second-order valence-corrected chi connectivity index (χ2v) is 7.79. The molecule has 0 amide bonds. The highest BCUT2D eigenvalue weighted by atomic mass is 14.5. The summed E-state index contributed by atoms with van der Waals surface area (Å²) in [4.78, 5) is 0. The van der Waals surface area contributed by atoms with Crippen LogP contribution in [-0.2, 0) is 0 Å². The van der Waals surface area contributed by atoms with Crippen LogP contribution >= 0.6 is 0 Å². The zero-order valence-corrected chi connectivity index (χ0v) is 11.2. The molecule has 1 atom stereocenters. The van der Waals surface area contributed by atoms with Crippen LogP contribution < -0.4 is 0 Å². The molecule has 0 bridgehead atoms. The van der Waals surface area contributed by atoms with Crippen molar-refractivity contribution in [2.45, 2.75) is 67.7 Å². The maximum Gasteiger partial charge on any atom is -0.0314 e. The van der Waals surface area contributed by atoms with Gasteiger partial charge < -0.3 is 0 Å². The van der Waals surface area contributed by atoms with Crippen LogP contribution in [0.5, 0.6) is 0 Å². The molecular weight excluding hydrogens is 168 g/mol. The molecule has 0 spiro atoms. The highest BCUT2D eigenvalue weighted by molar-refractivity contribution is 4.94. The lowest BCUT2D eigenvalue weighted by atomic mass is 9.54. The fourth-order valence-electron chi connectivity index (χ4n) is 3.98. The summed E-state index contributed by atoms with van der Waals surface area (Å²) in [7, 11) is 0. The molecule has 0 N–H and O–H groups in total. The van der Waals surface area contributed by atoms with E-state index in [4.69, 9.17) is 0 Å². The Morgan fingerprint density at radius 3 is 1.86 bits per heavy atom. The zero-order valence-electron chi connectivity index (χ0n) is 11.2. The van der Waals surface area contributed by atoms with Crippen molar-refractivity contribution in [1.29, 1.82) is 0 Å². The quantitative estimate of drug-likeness (QED) is 0.518. The average molecular weight is 196 g/mol. The van der Waals surface area contributed by atoms with E-state index < -0.39 is 0 Å². The lowest BCUT2D eigenvalue weighted by Crippen LogP contribution is -2.42. The van der Waals surface area contributed by atoms with Gasteiger partial charge in [-0.05, 0) is 41.4 Å². The van der Waals surface area contributed by atoms with Crippen molar-refractivity contribution in [3.05, 3.63) is 0 Å². The van der Waals surface area contributed by atoms with E-state index in [9.17, 15) is 0 Å². The molecule has 14 heavy (non-hydrogen) atoms. The summed E-state index contributed by atoms with van der Waals surface area (Å²) < 4.78 is 0. The number of rotatable bonds is 0. The second-order valence-electron chi connectivity index (χ2n) is 7.79. The van der Waals surface area contributed by atoms with Crippen molar-refractivity contribution in [1.82, 2.24) is 0 Å². The molecule has 0 heterocycles. The van der Waals surface area contributed by atoms with Gasteiger partial charge in [0.1, 0.15) is 0 Å². The average Bonchev–Trinajstić information content (AvgIpc) is 1.76. The minimum absolute atomic E-state index is 0.472. The van der Waals surface area contributed by atoms with E-state index in [2.05, 4.69) is 48.5 Å². The van der Waals surface area contributed by atoms with E-state index >= 15 is 0 Å². The van der Waals surface area contributed by atoms with Crippen LogP contribution in [0.3, 0.4) is 0 Å². The first kappa shape index (κ1) is 12.1. The Morgan fingerprint density at radius 2 is 1.50 bits per heavy atom. The lowest BCUT2D eigenvalue weighted by Gasteiger charge is -2.51. The Balaban J connectivity index is 2.84. The smallest absolute Gasteiger partial charge is 0.0314 e. The van der Waals surface area contributed by atoms with Gasteiger partial charge in [-0.25, -0.2) is 0 Å². The van der Waals surface area contributed by atoms with Gasteiger partial charge in [-0.2, -0.15) is 0 Å². The van der Waals surface area contributed by atoms with Gasteiger partial charge in [0, 0.05) is 0 Å². The maximum absolute atomic E-state index is 2.46. The van der Waals surface area contributed by atoms with Gasteiger partial charge in [0.15, 0.2) is 0 Å². The Bertz CT molecular complexity index is 203. The van der Waals surface area contributed by atoms with Crippen LogP contribution in [0.1, 0.15) is 67.7 Å². The third kappa shape index (κ3) is 2.52. The fourth-order valence-corrected chi connectivity index (χ4v) is 3.98. The molecule has 1 aliphatic carbocycles. The van der Waals surface area contributed by atoms with E-state index in [1.54, 1.807) is 0 Å². The summed E-state index contributed by atoms with van der Waals surface area (Å²) in [6, 6.07) is 0. The van der Waals surface area contributed by atoms with Crippen molar-refractivity contribution >= 4 is 0 Å². The minimum Gasteiger partial charge on any atom is -0.0599 e. The van der Waals surface area contributed by atoms with E-state index in [1.807, 2.05) is 0 Å². The fraction of sp³-hybridized carbons (Fsp3) is 1.00. The molecule has 1 aliphatic rings. The predicted octanol–water partition coefficient (Wildman–Crippen LogP) is 4.89. The topological polar surface area (TPSA) is 0 Å². The van der Waals surface area contributed by atoms with Gasteiger partial charge in [-0.3, -0.25) is 0 Å². The molecule has 0 radical (unpaired) electrons. The van der Waals surface area contributed by atoms with Crippen molar-refractivity contribution in [3.63, 3.8) is 0 Å². The highest BCUT2D eigenvalue weighted by Crippen LogP contribution is 2.54. The minimum atomic E-state index is 0.472. The first-order chi connectivity index (χ1) is 6.05. The number of hydrogen-bond donors (Lipinski definition) is 0. The summed E-state index contributed by atoms with van der Waals surface area (Å²) >= 11 is 0. The molecule has 84 valence electrons. The molecule has 1 rings (SSSR count). The standard InChI is InChI=1S/C14H28/c1-12(2,3)11-8-9-13(4,5)10-14(11,6)7/h11H,8-10H2,1-7H3. The molecule has 0 aromatic heterocycles. The molecule has 0 heteroatoms. The SMILES string of the molecule is CC1(C)CCC(C(C)(C)C)C(C)(C)C1. The Labute approximate surface area is 90.5 Å². The first-order valence-corrected chi connectivity index (χ1v) is 6.05. The molecule has 1 saturated carbocycles. The largest absolute Gasteiger partial charge is 0.0599 e. The van der Waals surface area contributed by atoms with Gasteiger partial charge in [0.25, 0.3) is 0 Å². The Hall–Kier alpha value is 0. The summed E-state index contributed by atoms with van der Waals surface area (Å²) in [5.41, 5.74) is 1.55. The van der Waals surface area contributed by atoms with Crippen molar-refractivity contribution in [2.24, 2.45) is 22.2 Å². The molecule has 0 aromatic carbocycles. The van der Waals surface area contributed by atoms with E-state index in [1.165, 1.54) is 19.3 Å². The van der Waals surface area contributed by atoms with Crippen LogP contribution in [0, 0.1) is 22.2 Å². The third-order valence-electron chi connectivity index (χ3n) is 4.03. The van der Waals surface area contributed by atoms with E-state index in [-0.39, 0.29) is 0 Å². The predicted molar refractivity (Wildman–Crippen MR) is 64.4 cm³/mol. The monoisotopic (exact) mass is 196 g/mol. The molecule has 0 aliphatic heterocycles. The molecule has 0 nitrogen and oxygen atoms in total. The van der Waals surface area contributed by atoms with Crippen LogP contribution in [0.2, 0.25) is 0 Å². The maximum atomic E-state index is 2.46. The van der Waals surface area contributed by atoms with Gasteiger partial charge in [-0.15, -0.1) is 0 Å². The molecule has 1 fully saturated rings. The molecule has 1 unspecified atom stereocenters. The zero-order chi connectivity index (χ0) is 11.2. The summed E-state index contributed by atoms with van der Waals surface area (Å²) in [5, 5.41) is 0. The number of hydrogen-bond acceptors (Lipinski definition) is 0. The summed E-state index contributed by atoms with van der Waals surface area (Å²) in [6.45, 7) is 17.0. The van der Waals surface area contributed by atoms with E-state index in [0.29, 0.717) is 16.2 Å². The molecular formula is C14H28. The highest BCUT2D eigenvalue weighted by Gasteiger charge is 2.44. The van der Waals surface area contributed by atoms with Crippen molar-refractivity contribution in [2.75, 3.05) is 0 Å². The normalized spacial score (nSPS) is 31.5. The Morgan fingerprint density at radius 1 is 1.00 bits per heavy atom. The molecule has 0 aromatic rings.